The van der Waals surface area contributed by atoms with Crippen molar-refractivity contribution in [1.82, 2.24) is 10.2 Å². The van der Waals surface area contributed by atoms with Gasteiger partial charge in [-0.1, -0.05) is 11.6 Å². The molecule has 1 N–H and O–H groups in total. The molecular weight excluding hydrogens is 284 g/mol. The zero-order valence-electron chi connectivity index (χ0n) is 10.4. The standard InChI is InChI=1S/C13H9ClN2O4/c1-2-19-12(17)10-9-7-5-6(14)3-4-8(7)20-13(18)11(9)16-15-10/h3-5H,2H2,1H3,(H,15,16). The van der Waals surface area contributed by atoms with Crippen molar-refractivity contribution >= 4 is 39.4 Å². The van der Waals surface area contributed by atoms with Crippen LogP contribution in [-0.4, -0.2) is 22.8 Å². The smallest absolute Gasteiger partial charge is 0.364 e. The number of carbonyl (C=O) groups excluding carboxylic acids is 1. The van der Waals surface area contributed by atoms with Crippen LogP contribution in [0.3, 0.4) is 0 Å². The van der Waals surface area contributed by atoms with Crippen LogP contribution in [0.4, 0.5) is 0 Å². The summed E-state index contributed by atoms with van der Waals surface area (Å²) in [7, 11) is 0. The third-order valence-electron chi connectivity index (χ3n) is 2.85. The number of nitrogens with zero attached hydrogens (tertiary/aromatic N) is 1. The molecule has 2 aromatic heterocycles. The minimum absolute atomic E-state index is 0.0443. The van der Waals surface area contributed by atoms with Crippen LogP contribution < -0.4 is 5.63 Å². The highest BCUT2D eigenvalue weighted by Gasteiger charge is 2.20. The molecule has 3 aromatic rings. The highest BCUT2D eigenvalue weighted by Crippen LogP contribution is 2.27. The topological polar surface area (TPSA) is 85.2 Å². The predicted molar refractivity (Wildman–Crippen MR) is 73.1 cm³/mol. The number of hydrogen-bond donors (Lipinski definition) is 1. The first-order valence-corrected chi connectivity index (χ1v) is 6.27. The summed E-state index contributed by atoms with van der Waals surface area (Å²) < 4.78 is 10.1. The molecule has 20 heavy (non-hydrogen) atoms. The van der Waals surface area contributed by atoms with Crippen molar-refractivity contribution in [3.63, 3.8) is 0 Å². The lowest BCUT2D eigenvalue weighted by Crippen LogP contribution is -2.06. The maximum absolute atomic E-state index is 11.9. The number of carbonyl (C=O) groups is 1. The molecule has 3 rings (SSSR count). The summed E-state index contributed by atoms with van der Waals surface area (Å²) in [6.45, 7) is 1.92. The largest absolute Gasteiger partial charge is 0.461 e. The molecule has 0 aliphatic carbocycles. The lowest BCUT2D eigenvalue weighted by molar-refractivity contribution is 0.0522. The molecule has 6 nitrogen and oxygen atoms in total. The van der Waals surface area contributed by atoms with Gasteiger partial charge >= 0.3 is 11.6 Å². The van der Waals surface area contributed by atoms with Gasteiger partial charge in [-0.05, 0) is 25.1 Å². The van der Waals surface area contributed by atoms with Crippen LogP contribution in [-0.2, 0) is 4.74 Å². The number of hydrogen-bond acceptors (Lipinski definition) is 5. The van der Waals surface area contributed by atoms with Crippen LogP contribution in [0.2, 0.25) is 5.02 Å². The first kappa shape index (κ1) is 12.7. The lowest BCUT2D eigenvalue weighted by Gasteiger charge is -2.02. The van der Waals surface area contributed by atoms with Gasteiger partial charge in [0.2, 0.25) is 0 Å². The second-order valence-electron chi connectivity index (χ2n) is 4.07. The second-order valence-corrected chi connectivity index (χ2v) is 4.51. The number of aromatic nitrogens is 2. The van der Waals surface area contributed by atoms with Crippen molar-refractivity contribution in [3.8, 4) is 0 Å². The van der Waals surface area contributed by atoms with Crippen molar-refractivity contribution in [1.29, 1.82) is 0 Å². The van der Waals surface area contributed by atoms with Gasteiger partial charge in [-0.15, -0.1) is 0 Å². The van der Waals surface area contributed by atoms with E-state index in [4.69, 9.17) is 20.8 Å². The lowest BCUT2D eigenvalue weighted by atomic mass is 10.1. The third-order valence-corrected chi connectivity index (χ3v) is 3.09. The SMILES string of the molecule is CCOC(=O)c1[nH]nc2c(=O)oc3ccc(Cl)cc3c12. The van der Waals surface area contributed by atoms with Crippen molar-refractivity contribution < 1.29 is 13.9 Å². The van der Waals surface area contributed by atoms with Gasteiger partial charge in [0.1, 0.15) is 5.58 Å². The van der Waals surface area contributed by atoms with Gasteiger partial charge in [-0.25, -0.2) is 9.59 Å². The van der Waals surface area contributed by atoms with Crippen molar-refractivity contribution in [3.05, 3.63) is 39.3 Å². The number of benzene rings is 1. The van der Waals surface area contributed by atoms with Crippen LogP contribution in [0.15, 0.2) is 27.4 Å². The van der Waals surface area contributed by atoms with Crippen LogP contribution >= 0.6 is 11.6 Å². The van der Waals surface area contributed by atoms with Crippen LogP contribution in [0.25, 0.3) is 21.9 Å². The Morgan fingerprint density at radius 3 is 3.05 bits per heavy atom. The minimum Gasteiger partial charge on any atom is -0.461 e. The fraction of sp³-hybridized carbons (Fsp3) is 0.154. The van der Waals surface area contributed by atoms with E-state index in [1.54, 1.807) is 25.1 Å². The maximum atomic E-state index is 11.9. The summed E-state index contributed by atoms with van der Waals surface area (Å²) in [4.78, 5) is 23.7. The fourth-order valence-corrected chi connectivity index (χ4v) is 2.21. The van der Waals surface area contributed by atoms with E-state index in [0.717, 1.165) is 0 Å². The monoisotopic (exact) mass is 292 g/mol. The van der Waals surface area contributed by atoms with Crippen molar-refractivity contribution in [2.24, 2.45) is 0 Å². The summed E-state index contributed by atoms with van der Waals surface area (Å²) in [6, 6.07) is 4.78. The third kappa shape index (κ3) is 1.85. The molecule has 0 bridgehead atoms. The van der Waals surface area contributed by atoms with E-state index < -0.39 is 11.6 Å². The average molecular weight is 293 g/mol. The van der Waals surface area contributed by atoms with E-state index in [1.807, 2.05) is 0 Å². The Labute approximate surface area is 117 Å². The molecule has 0 unspecified atom stereocenters. The van der Waals surface area contributed by atoms with Gasteiger partial charge in [0.25, 0.3) is 0 Å². The molecule has 7 heteroatoms. The van der Waals surface area contributed by atoms with Crippen LogP contribution in [0.1, 0.15) is 17.4 Å². The number of esters is 1. The van der Waals surface area contributed by atoms with Crippen LogP contribution in [0.5, 0.6) is 0 Å². The molecule has 2 heterocycles. The van der Waals surface area contributed by atoms with E-state index >= 15 is 0 Å². The predicted octanol–water partition coefficient (Wildman–Crippen LogP) is 2.50. The highest BCUT2D eigenvalue weighted by atomic mass is 35.5. The van der Waals surface area contributed by atoms with Crippen molar-refractivity contribution in [2.75, 3.05) is 6.61 Å². The highest BCUT2D eigenvalue weighted by molar-refractivity contribution is 6.31. The molecule has 0 saturated heterocycles. The number of H-pyrrole nitrogens is 1. The number of nitrogens with one attached hydrogen (secondary N) is 1. The molecule has 0 fully saturated rings. The molecule has 102 valence electrons. The average Bonchev–Trinajstić information content (AvgIpc) is 2.86. The number of aromatic amines is 1. The van der Waals surface area contributed by atoms with Gasteiger partial charge in [0.15, 0.2) is 11.2 Å². The maximum Gasteiger partial charge on any atom is 0.364 e. The Balaban J connectivity index is 2.44. The Morgan fingerprint density at radius 2 is 2.30 bits per heavy atom. The molecule has 0 spiro atoms. The fourth-order valence-electron chi connectivity index (χ4n) is 2.04. The summed E-state index contributed by atoms with van der Waals surface area (Å²) in [5.41, 5.74) is -0.134. The molecule has 0 radical (unpaired) electrons. The molecule has 0 saturated carbocycles. The zero-order chi connectivity index (χ0) is 14.3. The Hall–Kier alpha value is -2.34. The van der Waals surface area contributed by atoms with E-state index in [1.165, 1.54) is 0 Å². The van der Waals surface area contributed by atoms with Gasteiger partial charge in [-0.2, -0.15) is 5.10 Å². The minimum atomic E-state index is -0.623. The molecule has 0 aliphatic heterocycles. The van der Waals surface area contributed by atoms with Gasteiger partial charge in [0, 0.05) is 10.4 Å². The van der Waals surface area contributed by atoms with Crippen molar-refractivity contribution in [2.45, 2.75) is 6.92 Å². The van der Waals surface area contributed by atoms with Gasteiger partial charge < -0.3 is 9.15 Å². The molecular formula is C13H9ClN2O4. The summed E-state index contributed by atoms with van der Waals surface area (Å²) in [6.07, 6.45) is 0. The Kier molecular flexibility index (Phi) is 2.94. The first-order chi connectivity index (χ1) is 9.61. The zero-order valence-corrected chi connectivity index (χ0v) is 11.2. The van der Waals surface area contributed by atoms with Gasteiger partial charge in [0.05, 0.1) is 12.0 Å². The number of ether oxygens (including phenoxy) is 1. The molecule has 0 aliphatic rings. The van der Waals surface area contributed by atoms with Gasteiger partial charge in [-0.3, -0.25) is 5.10 Å². The molecule has 0 atom stereocenters. The Bertz CT molecular complexity index is 881. The number of fused-ring (bicyclic) bond motifs is 3. The number of rotatable bonds is 2. The summed E-state index contributed by atoms with van der Waals surface area (Å²) in [5.74, 6) is -0.582. The number of halogens is 1. The Morgan fingerprint density at radius 1 is 1.50 bits per heavy atom. The first-order valence-electron chi connectivity index (χ1n) is 5.89. The quantitative estimate of drug-likeness (QED) is 0.579. The molecule has 1 aromatic carbocycles. The van der Waals surface area contributed by atoms with E-state index in [2.05, 4.69) is 10.2 Å². The normalized spacial score (nSPS) is 11.1. The summed E-state index contributed by atoms with van der Waals surface area (Å²) in [5, 5.41) is 7.70. The molecule has 0 amide bonds. The van der Waals surface area contributed by atoms with E-state index in [9.17, 15) is 9.59 Å². The second kappa shape index (κ2) is 4.64. The van der Waals surface area contributed by atoms with Crippen LogP contribution in [0, 0.1) is 0 Å². The van der Waals surface area contributed by atoms with E-state index in [0.29, 0.717) is 21.4 Å². The van der Waals surface area contributed by atoms with E-state index in [-0.39, 0.29) is 17.8 Å². The summed E-state index contributed by atoms with van der Waals surface area (Å²) >= 11 is 5.95.